The van der Waals surface area contributed by atoms with Crippen LogP contribution in [0.5, 0.6) is 11.5 Å². The highest BCUT2D eigenvalue weighted by molar-refractivity contribution is 7.92. The number of nitrogens with one attached hydrogen (secondary N) is 2. The fraction of sp³-hybridized carbons (Fsp3) is 0.188. The maximum atomic E-state index is 12.3. The van der Waals surface area contributed by atoms with E-state index in [4.69, 9.17) is 9.47 Å². The first-order valence-electron chi connectivity index (χ1n) is 7.18. The topological polar surface area (TPSA) is 93.7 Å². The minimum absolute atomic E-state index is 0.122. The third-order valence-electron chi connectivity index (χ3n) is 3.26. The van der Waals surface area contributed by atoms with E-state index in [1.54, 1.807) is 42.5 Å². The molecule has 0 saturated heterocycles. The summed E-state index contributed by atoms with van der Waals surface area (Å²) in [5.74, 6) is 0.794. The number of anilines is 2. The Hall–Kier alpha value is -2.74. The first kappa shape index (κ1) is 16.1. The van der Waals surface area contributed by atoms with Gasteiger partial charge in [0.1, 0.15) is 6.61 Å². The second kappa shape index (κ2) is 6.40. The lowest BCUT2D eigenvalue weighted by atomic mass is 10.2. The fourth-order valence-corrected chi connectivity index (χ4v) is 2.77. The van der Waals surface area contributed by atoms with Crippen LogP contribution >= 0.6 is 0 Å². The third kappa shape index (κ3) is 3.96. The summed E-state index contributed by atoms with van der Waals surface area (Å²) in [6.45, 7) is 0.122. The van der Waals surface area contributed by atoms with Gasteiger partial charge in [-0.2, -0.15) is 0 Å². The van der Waals surface area contributed by atoms with Crippen LogP contribution in [0.4, 0.5) is 11.4 Å². The summed E-state index contributed by atoms with van der Waals surface area (Å²) < 4.78 is 35.8. The van der Waals surface area contributed by atoms with E-state index < -0.39 is 16.1 Å². The zero-order valence-corrected chi connectivity index (χ0v) is 13.7. The molecule has 0 aliphatic carbocycles. The molecule has 2 aromatic rings. The lowest BCUT2D eigenvalue weighted by Gasteiger charge is -2.25. The average Bonchev–Trinajstić information content (AvgIpc) is 2.55. The maximum absolute atomic E-state index is 12.3. The molecule has 2 N–H and O–H groups in total. The molecule has 1 heterocycles. The second-order valence-corrected chi connectivity index (χ2v) is 7.05. The molecule has 0 radical (unpaired) electrons. The van der Waals surface area contributed by atoms with Crippen molar-refractivity contribution in [3.05, 3.63) is 48.5 Å². The molecule has 0 fully saturated rings. The predicted octanol–water partition coefficient (Wildman–Crippen LogP) is 1.84. The van der Waals surface area contributed by atoms with Crippen LogP contribution in [0.25, 0.3) is 0 Å². The quantitative estimate of drug-likeness (QED) is 0.879. The van der Waals surface area contributed by atoms with Gasteiger partial charge < -0.3 is 14.8 Å². The minimum Gasteiger partial charge on any atom is -0.485 e. The molecule has 2 aromatic carbocycles. The van der Waals surface area contributed by atoms with E-state index in [9.17, 15) is 13.2 Å². The number of rotatable bonds is 4. The van der Waals surface area contributed by atoms with Crippen LogP contribution in [0.15, 0.2) is 48.5 Å². The number of amides is 1. The van der Waals surface area contributed by atoms with Gasteiger partial charge in [-0.1, -0.05) is 12.1 Å². The summed E-state index contributed by atoms with van der Waals surface area (Å²) in [6, 6.07) is 13.5. The van der Waals surface area contributed by atoms with Crippen LogP contribution in [-0.2, 0) is 14.8 Å². The molecule has 3 rings (SSSR count). The minimum atomic E-state index is -3.33. The molecule has 0 saturated carbocycles. The van der Waals surface area contributed by atoms with E-state index in [-0.39, 0.29) is 12.5 Å². The standard InChI is InChI=1S/C16H16N2O5S/c1-24(20,21)18-12-8-6-11(7-9-12)17-16(19)15-10-22-13-4-2-3-5-14(13)23-15/h2-9,15,18H,10H2,1H3,(H,17,19)/t15-/m0/s1. The van der Waals surface area contributed by atoms with Crippen molar-refractivity contribution in [3.63, 3.8) is 0 Å². The largest absolute Gasteiger partial charge is 0.485 e. The van der Waals surface area contributed by atoms with Crippen LogP contribution in [0.1, 0.15) is 0 Å². The van der Waals surface area contributed by atoms with Gasteiger partial charge in [0.05, 0.1) is 6.26 Å². The summed E-state index contributed by atoms with van der Waals surface area (Å²) in [6.07, 6.45) is 0.315. The molecule has 0 bridgehead atoms. The molecule has 1 amide bonds. The first-order valence-corrected chi connectivity index (χ1v) is 9.07. The van der Waals surface area contributed by atoms with E-state index in [0.717, 1.165) is 6.26 Å². The fourth-order valence-electron chi connectivity index (χ4n) is 2.21. The number of hydrogen-bond acceptors (Lipinski definition) is 5. The SMILES string of the molecule is CS(=O)(=O)Nc1ccc(NC(=O)[C@@H]2COc3ccccc3O2)cc1. The molecule has 1 atom stereocenters. The van der Waals surface area contributed by atoms with E-state index in [1.165, 1.54) is 0 Å². The van der Waals surface area contributed by atoms with Gasteiger partial charge in [0, 0.05) is 11.4 Å². The summed E-state index contributed by atoms with van der Waals surface area (Å²) in [4.78, 5) is 12.3. The molecule has 0 spiro atoms. The Morgan fingerprint density at radius 2 is 1.67 bits per heavy atom. The van der Waals surface area contributed by atoms with Gasteiger partial charge in [-0.15, -0.1) is 0 Å². The molecule has 1 aliphatic heterocycles. The van der Waals surface area contributed by atoms with Gasteiger partial charge in [0.25, 0.3) is 5.91 Å². The highest BCUT2D eigenvalue weighted by Gasteiger charge is 2.27. The Morgan fingerprint density at radius 1 is 1.04 bits per heavy atom. The number of carbonyl (C=O) groups is 1. The maximum Gasteiger partial charge on any atom is 0.269 e. The molecule has 8 heteroatoms. The third-order valence-corrected chi connectivity index (χ3v) is 3.86. The van der Waals surface area contributed by atoms with Crippen LogP contribution in [0.2, 0.25) is 0 Å². The Kier molecular flexibility index (Phi) is 4.30. The van der Waals surface area contributed by atoms with Gasteiger partial charge >= 0.3 is 0 Å². The van der Waals surface area contributed by atoms with Crippen LogP contribution in [0, 0.1) is 0 Å². The van der Waals surface area contributed by atoms with Crippen LogP contribution in [0.3, 0.4) is 0 Å². The van der Waals surface area contributed by atoms with Gasteiger partial charge in [-0.25, -0.2) is 8.42 Å². The first-order chi connectivity index (χ1) is 11.4. The Labute approximate surface area is 139 Å². The lowest BCUT2D eigenvalue weighted by Crippen LogP contribution is -2.40. The van der Waals surface area contributed by atoms with Crippen molar-refractivity contribution >= 4 is 27.3 Å². The van der Waals surface area contributed by atoms with Gasteiger partial charge in [0.2, 0.25) is 16.1 Å². The number of fused-ring (bicyclic) bond motifs is 1. The van der Waals surface area contributed by atoms with Crippen molar-refractivity contribution in [2.45, 2.75) is 6.10 Å². The summed E-state index contributed by atoms with van der Waals surface area (Å²) in [7, 11) is -3.33. The Morgan fingerprint density at radius 3 is 2.33 bits per heavy atom. The molecular formula is C16H16N2O5S. The highest BCUT2D eigenvalue weighted by atomic mass is 32.2. The van der Waals surface area contributed by atoms with Crippen molar-refractivity contribution in [1.29, 1.82) is 0 Å². The Balaban J connectivity index is 1.63. The Bertz CT molecular complexity index is 849. The van der Waals surface area contributed by atoms with Crippen molar-refractivity contribution in [2.75, 3.05) is 22.9 Å². The van der Waals surface area contributed by atoms with Crippen LogP contribution in [-0.4, -0.2) is 33.3 Å². The number of hydrogen-bond donors (Lipinski definition) is 2. The van der Waals surface area contributed by atoms with Crippen molar-refractivity contribution in [3.8, 4) is 11.5 Å². The predicted molar refractivity (Wildman–Crippen MR) is 89.9 cm³/mol. The summed E-state index contributed by atoms with van der Waals surface area (Å²) in [5.41, 5.74) is 0.947. The molecule has 7 nitrogen and oxygen atoms in total. The van der Waals surface area contributed by atoms with Crippen LogP contribution < -0.4 is 19.5 Å². The van der Waals surface area contributed by atoms with Crippen molar-refractivity contribution in [1.82, 2.24) is 0 Å². The van der Waals surface area contributed by atoms with Crippen molar-refractivity contribution < 1.29 is 22.7 Å². The van der Waals surface area contributed by atoms with Gasteiger partial charge in [0.15, 0.2) is 11.5 Å². The number of benzene rings is 2. The average molecular weight is 348 g/mol. The smallest absolute Gasteiger partial charge is 0.269 e. The van der Waals surface area contributed by atoms with E-state index in [1.807, 2.05) is 6.07 Å². The normalized spacial score (nSPS) is 16.3. The summed E-state index contributed by atoms with van der Waals surface area (Å²) in [5, 5.41) is 2.71. The molecule has 0 unspecified atom stereocenters. The van der Waals surface area contributed by atoms with E-state index in [0.29, 0.717) is 22.9 Å². The number of ether oxygens (including phenoxy) is 2. The van der Waals surface area contributed by atoms with Gasteiger partial charge in [-0.3, -0.25) is 9.52 Å². The monoisotopic (exact) mass is 348 g/mol. The van der Waals surface area contributed by atoms with Gasteiger partial charge in [-0.05, 0) is 36.4 Å². The molecule has 24 heavy (non-hydrogen) atoms. The molecule has 126 valence electrons. The lowest BCUT2D eigenvalue weighted by molar-refractivity contribution is -0.125. The zero-order chi connectivity index (χ0) is 17.2. The molecule has 0 aromatic heterocycles. The van der Waals surface area contributed by atoms with E-state index >= 15 is 0 Å². The van der Waals surface area contributed by atoms with E-state index in [2.05, 4.69) is 10.0 Å². The summed E-state index contributed by atoms with van der Waals surface area (Å²) >= 11 is 0. The molecular weight excluding hydrogens is 332 g/mol. The number of sulfonamides is 1. The zero-order valence-electron chi connectivity index (χ0n) is 12.9. The van der Waals surface area contributed by atoms with Crippen molar-refractivity contribution in [2.24, 2.45) is 0 Å². The number of para-hydroxylation sites is 2. The number of carbonyl (C=O) groups excluding carboxylic acids is 1. The highest BCUT2D eigenvalue weighted by Crippen LogP contribution is 2.31. The second-order valence-electron chi connectivity index (χ2n) is 5.31. The molecule has 1 aliphatic rings.